The average molecular weight is 321 g/mol. The van der Waals surface area contributed by atoms with Crippen molar-refractivity contribution in [3.63, 3.8) is 0 Å². The molecule has 1 rings (SSSR count). The zero-order valence-electron chi connectivity index (χ0n) is 14.2. The van der Waals surface area contributed by atoms with Crippen molar-refractivity contribution in [3.05, 3.63) is 29.8 Å². The number of ether oxygens (including phenoxy) is 1. The van der Waals surface area contributed by atoms with E-state index in [0.717, 1.165) is 19.5 Å². The topological polar surface area (TPSA) is 70.7 Å². The van der Waals surface area contributed by atoms with E-state index in [-0.39, 0.29) is 11.8 Å². The Hall–Kier alpha value is -1.92. The van der Waals surface area contributed by atoms with Gasteiger partial charge in [0, 0.05) is 31.5 Å². The predicted molar refractivity (Wildman–Crippen MR) is 91.7 cm³/mol. The van der Waals surface area contributed by atoms with Crippen LogP contribution in [0.1, 0.15) is 30.6 Å². The van der Waals surface area contributed by atoms with Gasteiger partial charge in [-0.3, -0.25) is 14.5 Å². The minimum absolute atomic E-state index is 0.0505. The smallest absolute Gasteiger partial charge is 0.251 e. The van der Waals surface area contributed by atoms with Crippen LogP contribution >= 0.6 is 0 Å². The van der Waals surface area contributed by atoms with Crippen LogP contribution in [0.15, 0.2) is 24.3 Å². The SMILES string of the molecule is CCN(CC)CC(=O)Nc1ccc(C(=O)NCCCOC)cc1. The molecule has 6 heteroatoms. The molecule has 23 heavy (non-hydrogen) atoms. The molecular formula is C17H27N3O3. The Kier molecular flexibility index (Phi) is 8.94. The van der Waals surface area contributed by atoms with Crippen LogP contribution in [0.5, 0.6) is 0 Å². The van der Waals surface area contributed by atoms with Gasteiger partial charge in [0.15, 0.2) is 0 Å². The van der Waals surface area contributed by atoms with Crippen LogP contribution in [0, 0.1) is 0 Å². The van der Waals surface area contributed by atoms with Crippen molar-refractivity contribution in [2.75, 3.05) is 45.2 Å². The first-order valence-corrected chi connectivity index (χ1v) is 8.00. The number of methoxy groups -OCH3 is 1. The Morgan fingerprint density at radius 2 is 1.78 bits per heavy atom. The number of carbonyl (C=O) groups excluding carboxylic acids is 2. The fraction of sp³-hybridized carbons (Fsp3) is 0.529. The molecule has 0 aliphatic rings. The van der Waals surface area contributed by atoms with Crippen molar-refractivity contribution >= 4 is 17.5 Å². The summed E-state index contributed by atoms with van der Waals surface area (Å²) < 4.78 is 4.93. The molecule has 0 bridgehead atoms. The average Bonchev–Trinajstić information content (AvgIpc) is 2.57. The quantitative estimate of drug-likeness (QED) is 0.644. The second-order valence-corrected chi connectivity index (χ2v) is 5.19. The lowest BCUT2D eigenvalue weighted by atomic mass is 10.2. The molecule has 0 radical (unpaired) electrons. The molecule has 2 amide bonds. The molecule has 0 saturated carbocycles. The van der Waals surface area contributed by atoms with Crippen LogP contribution < -0.4 is 10.6 Å². The second kappa shape index (κ2) is 10.7. The first-order chi connectivity index (χ1) is 11.1. The molecule has 0 saturated heterocycles. The maximum absolute atomic E-state index is 11.9. The van der Waals surface area contributed by atoms with Gasteiger partial charge in [-0.05, 0) is 43.8 Å². The number of carbonyl (C=O) groups is 2. The number of hydrogen-bond donors (Lipinski definition) is 2. The maximum atomic E-state index is 11.9. The highest BCUT2D eigenvalue weighted by Crippen LogP contribution is 2.09. The van der Waals surface area contributed by atoms with Gasteiger partial charge in [0.25, 0.3) is 5.91 Å². The van der Waals surface area contributed by atoms with Gasteiger partial charge in [0.05, 0.1) is 6.54 Å². The summed E-state index contributed by atoms with van der Waals surface area (Å²) in [6, 6.07) is 6.89. The fourth-order valence-electron chi connectivity index (χ4n) is 2.08. The lowest BCUT2D eigenvalue weighted by Crippen LogP contribution is -2.32. The van der Waals surface area contributed by atoms with Crippen LogP contribution in [-0.4, -0.2) is 56.6 Å². The molecule has 0 heterocycles. The number of benzene rings is 1. The summed E-state index contributed by atoms with van der Waals surface area (Å²) in [6.45, 7) is 7.30. The third-order valence-corrected chi connectivity index (χ3v) is 3.50. The molecule has 0 aliphatic heterocycles. The van der Waals surface area contributed by atoms with E-state index >= 15 is 0 Å². The lowest BCUT2D eigenvalue weighted by molar-refractivity contribution is -0.117. The van der Waals surface area contributed by atoms with E-state index in [1.807, 2.05) is 18.7 Å². The number of rotatable bonds is 10. The van der Waals surface area contributed by atoms with Gasteiger partial charge >= 0.3 is 0 Å². The third kappa shape index (κ3) is 7.25. The Morgan fingerprint density at radius 3 is 2.35 bits per heavy atom. The Bertz CT molecular complexity index is 484. The molecule has 0 spiro atoms. The Morgan fingerprint density at radius 1 is 1.13 bits per heavy atom. The predicted octanol–water partition coefficient (Wildman–Crippen LogP) is 1.73. The van der Waals surface area contributed by atoms with Crippen LogP contribution in [0.4, 0.5) is 5.69 Å². The van der Waals surface area contributed by atoms with Gasteiger partial charge < -0.3 is 15.4 Å². The first-order valence-electron chi connectivity index (χ1n) is 8.00. The van der Waals surface area contributed by atoms with E-state index < -0.39 is 0 Å². The van der Waals surface area contributed by atoms with E-state index in [1.165, 1.54) is 0 Å². The van der Waals surface area contributed by atoms with Crippen molar-refractivity contribution in [2.24, 2.45) is 0 Å². The summed E-state index contributed by atoms with van der Waals surface area (Å²) in [5, 5.41) is 5.66. The number of amides is 2. The second-order valence-electron chi connectivity index (χ2n) is 5.19. The number of nitrogens with one attached hydrogen (secondary N) is 2. The minimum Gasteiger partial charge on any atom is -0.385 e. The van der Waals surface area contributed by atoms with E-state index in [4.69, 9.17) is 4.74 Å². The molecule has 0 unspecified atom stereocenters. The molecule has 2 N–H and O–H groups in total. The molecule has 1 aromatic rings. The van der Waals surface area contributed by atoms with E-state index in [1.54, 1.807) is 31.4 Å². The zero-order chi connectivity index (χ0) is 17.1. The largest absolute Gasteiger partial charge is 0.385 e. The summed E-state index contributed by atoms with van der Waals surface area (Å²) in [5.74, 6) is -0.174. The van der Waals surface area contributed by atoms with Gasteiger partial charge in [-0.2, -0.15) is 0 Å². The van der Waals surface area contributed by atoms with Crippen molar-refractivity contribution < 1.29 is 14.3 Å². The van der Waals surface area contributed by atoms with E-state index in [9.17, 15) is 9.59 Å². The van der Waals surface area contributed by atoms with Gasteiger partial charge in [0.1, 0.15) is 0 Å². The summed E-state index contributed by atoms with van der Waals surface area (Å²) >= 11 is 0. The molecule has 0 aromatic heterocycles. The van der Waals surface area contributed by atoms with Gasteiger partial charge in [0.2, 0.25) is 5.91 Å². The number of hydrogen-bond acceptors (Lipinski definition) is 4. The van der Waals surface area contributed by atoms with Crippen LogP contribution in [0.3, 0.4) is 0 Å². The van der Waals surface area contributed by atoms with Crippen molar-refractivity contribution in [2.45, 2.75) is 20.3 Å². The highest BCUT2D eigenvalue weighted by atomic mass is 16.5. The van der Waals surface area contributed by atoms with Crippen LogP contribution in [0.25, 0.3) is 0 Å². The van der Waals surface area contributed by atoms with Crippen molar-refractivity contribution in [1.29, 1.82) is 0 Å². The van der Waals surface area contributed by atoms with E-state index in [0.29, 0.717) is 30.9 Å². The summed E-state index contributed by atoms with van der Waals surface area (Å²) in [4.78, 5) is 25.9. The summed E-state index contributed by atoms with van der Waals surface area (Å²) in [5.41, 5.74) is 1.27. The van der Waals surface area contributed by atoms with Gasteiger partial charge in [-0.1, -0.05) is 13.8 Å². The molecule has 0 atom stereocenters. The van der Waals surface area contributed by atoms with Crippen LogP contribution in [0.2, 0.25) is 0 Å². The maximum Gasteiger partial charge on any atom is 0.251 e. The first kappa shape index (κ1) is 19.1. The normalized spacial score (nSPS) is 10.6. The highest BCUT2D eigenvalue weighted by molar-refractivity contribution is 5.96. The van der Waals surface area contributed by atoms with Gasteiger partial charge in [-0.15, -0.1) is 0 Å². The third-order valence-electron chi connectivity index (χ3n) is 3.50. The standard InChI is InChI=1S/C17H27N3O3/c1-4-20(5-2)13-16(21)19-15-9-7-14(8-10-15)17(22)18-11-6-12-23-3/h7-10H,4-6,11-13H2,1-3H3,(H,18,22)(H,19,21). The molecule has 6 nitrogen and oxygen atoms in total. The molecular weight excluding hydrogens is 294 g/mol. The fourth-order valence-corrected chi connectivity index (χ4v) is 2.08. The van der Waals surface area contributed by atoms with Crippen molar-refractivity contribution in [3.8, 4) is 0 Å². The number of anilines is 1. The molecule has 0 fully saturated rings. The van der Waals surface area contributed by atoms with Crippen LogP contribution in [-0.2, 0) is 9.53 Å². The van der Waals surface area contributed by atoms with E-state index in [2.05, 4.69) is 10.6 Å². The highest BCUT2D eigenvalue weighted by Gasteiger charge is 2.08. The van der Waals surface area contributed by atoms with Gasteiger partial charge in [-0.25, -0.2) is 0 Å². The van der Waals surface area contributed by atoms with Crippen molar-refractivity contribution in [1.82, 2.24) is 10.2 Å². The summed E-state index contributed by atoms with van der Waals surface area (Å²) in [6.07, 6.45) is 0.780. The lowest BCUT2D eigenvalue weighted by Gasteiger charge is -2.17. The summed E-state index contributed by atoms with van der Waals surface area (Å²) in [7, 11) is 1.63. The monoisotopic (exact) mass is 321 g/mol. The number of likely N-dealkylation sites (N-methyl/N-ethyl adjacent to an activating group) is 1. The Balaban J connectivity index is 2.46. The zero-order valence-corrected chi connectivity index (χ0v) is 14.2. The minimum atomic E-state index is -0.123. The molecule has 0 aliphatic carbocycles. The Labute approximate surface area is 138 Å². The molecule has 128 valence electrons. The number of nitrogens with zero attached hydrogens (tertiary/aromatic N) is 1. The molecule has 1 aromatic carbocycles.